The van der Waals surface area contributed by atoms with Gasteiger partial charge in [-0.2, -0.15) is 0 Å². The Kier molecular flexibility index (Phi) is 7.90. The smallest absolute Gasteiger partial charge is 0.143 e. The molecule has 1 aromatic heterocycles. The van der Waals surface area contributed by atoms with E-state index in [1.807, 2.05) is 0 Å². The Morgan fingerprint density at radius 3 is 1.72 bits per heavy atom. The van der Waals surface area contributed by atoms with Gasteiger partial charge < -0.3 is 9.32 Å². The molecule has 0 atom stereocenters. The second-order valence-corrected chi connectivity index (χ2v) is 17.9. The lowest BCUT2D eigenvalue weighted by Crippen LogP contribution is -2.28. The number of anilines is 3. The minimum Gasteiger partial charge on any atom is -0.455 e. The molecule has 0 saturated carbocycles. The van der Waals surface area contributed by atoms with Crippen LogP contribution in [0.1, 0.15) is 47.2 Å². The highest BCUT2D eigenvalue weighted by molar-refractivity contribution is 6.18. The fourth-order valence-corrected chi connectivity index (χ4v) is 11.5. The fourth-order valence-electron chi connectivity index (χ4n) is 11.5. The molecule has 64 heavy (non-hydrogen) atoms. The molecule has 10 aromatic carbocycles. The van der Waals surface area contributed by atoms with Crippen molar-refractivity contribution in [1.29, 1.82) is 0 Å². The Morgan fingerprint density at radius 2 is 0.922 bits per heavy atom. The first-order valence-corrected chi connectivity index (χ1v) is 22.3. The largest absolute Gasteiger partial charge is 0.455 e. The Bertz CT molecular complexity index is 3610. The van der Waals surface area contributed by atoms with Gasteiger partial charge in [-0.25, -0.2) is 0 Å². The fraction of sp³-hybridized carbons (Fsp3) is 0.0645. The summed E-state index contributed by atoms with van der Waals surface area (Å²) in [7, 11) is 0. The maximum Gasteiger partial charge on any atom is 0.143 e. The molecular weight excluding hydrogens is 775 g/mol. The van der Waals surface area contributed by atoms with E-state index in [2.05, 4.69) is 243 Å². The molecule has 0 fully saturated rings. The van der Waals surface area contributed by atoms with Crippen LogP contribution in [0.5, 0.6) is 0 Å². The van der Waals surface area contributed by atoms with Crippen LogP contribution < -0.4 is 4.90 Å². The summed E-state index contributed by atoms with van der Waals surface area (Å²) in [5.74, 6) is 0. The first-order chi connectivity index (χ1) is 31.5. The quantitative estimate of drug-likeness (QED) is 0.166. The first kappa shape index (κ1) is 36.7. The molecule has 1 heterocycles. The van der Waals surface area contributed by atoms with E-state index in [4.69, 9.17) is 4.42 Å². The minimum atomic E-state index is -0.550. The molecule has 2 aliphatic carbocycles. The van der Waals surface area contributed by atoms with Gasteiger partial charge >= 0.3 is 0 Å². The zero-order valence-corrected chi connectivity index (χ0v) is 35.7. The minimum absolute atomic E-state index is 0.175. The molecule has 0 saturated heterocycles. The maximum absolute atomic E-state index is 7.05. The molecule has 11 aromatic rings. The number of nitrogens with zero attached hydrogens (tertiary/aromatic N) is 1. The van der Waals surface area contributed by atoms with Crippen LogP contribution in [0.15, 0.2) is 229 Å². The monoisotopic (exact) mass is 817 g/mol. The Balaban J connectivity index is 1.12. The van der Waals surface area contributed by atoms with Gasteiger partial charge in [0.15, 0.2) is 0 Å². The standard InChI is InChI=1S/C62H43NO/c1-61(2)52-30-14-12-27-51(52)58-54(61)32-18-34-57(58)63(56-33-16-13-26-47(56)48-28-17-29-49-50-37-35-40-19-9-10-24-44(40)59(50)64-60(48)49)43-36-38-46-45-25-11-15-31-53(45)62(55(46)39-43,41-20-5-3-6-21-41)42-22-7-4-8-23-42/h3-39H,1-2H3. The van der Waals surface area contributed by atoms with Crippen molar-refractivity contribution in [2.45, 2.75) is 24.7 Å². The average Bonchev–Trinajstić information content (AvgIpc) is 3.97. The van der Waals surface area contributed by atoms with Gasteiger partial charge in [0, 0.05) is 44.0 Å². The van der Waals surface area contributed by atoms with Crippen LogP contribution in [-0.4, -0.2) is 0 Å². The molecule has 0 amide bonds. The first-order valence-electron chi connectivity index (χ1n) is 22.3. The summed E-state index contributed by atoms with van der Waals surface area (Å²) in [6.45, 7) is 4.73. The van der Waals surface area contributed by atoms with Gasteiger partial charge in [-0.05, 0) is 85.8 Å². The van der Waals surface area contributed by atoms with E-state index >= 15 is 0 Å². The summed E-state index contributed by atoms with van der Waals surface area (Å²) in [4.78, 5) is 2.53. The normalized spacial score (nSPS) is 14.0. The zero-order chi connectivity index (χ0) is 42.6. The number of para-hydroxylation sites is 2. The molecule has 302 valence electrons. The third-order valence-corrected chi connectivity index (χ3v) is 14.4. The van der Waals surface area contributed by atoms with E-state index in [0.717, 1.165) is 55.5 Å². The van der Waals surface area contributed by atoms with Gasteiger partial charge in [0.1, 0.15) is 11.2 Å². The van der Waals surface area contributed by atoms with Crippen molar-refractivity contribution in [3.05, 3.63) is 258 Å². The third kappa shape index (κ3) is 5.02. The van der Waals surface area contributed by atoms with Crippen LogP contribution in [0.25, 0.3) is 66.1 Å². The summed E-state index contributed by atoms with van der Waals surface area (Å²) >= 11 is 0. The van der Waals surface area contributed by atoms with Crippen molar-refractivity contribution in [1.82, 2.24) is 0 Å². The molecule has 0 unspecified atom stereocenters. The lowest BCUT2D eigenvalue weighted by Gasteiger charge is -2.35. The Labute approximate surface area is 373 Å². The summed E-state index contributed by atoms with van der Waals surface area (Å²) in [5, 5.41) is 4.53. The summed E-state index contributed by atoms with van der Waals surface area (Å²) in [6.07, 6.45) is 0. The number of rotatable bonds is 6. The average molecular weight is 818 g/mol. The molecule has 0 bridgehead atoms. The topological polar surface area (TPSA) is 16.4 Å². The van der Waals surface area contributed by atoms with Gasteiger partial charge in [0.05, 0.1) is 16.8 Å². The molecule has 0 spiro atoms. The number of fused-ring (bicyclic) bond motifs is 11. The maximum atomic E-state index is 7.05. The van der Waals surface area contributed by atoms with E-state index < -0.39 is 5.41 Å². The Morgan fingerprint density at radius 1 is 0.359 bits per heavy atom. The predicted octanol–water partition coefficient (Wildman–Crippen LogP) is 16.5. The number of hydrogen-bond acceptors (Lipinski definition) is 2. The molecule has 0 aliphatic heterocycles. The van der Waals surface area contributed by atoms with Gasteiger partial charge in [0.2, 0.25) is 0 Å². The number of hydrogen-bond donors (Lipinski definition) is 0. The molecule has 13 rings (SSSR count). The van der Waals surface area contributed by atoms with E-state index in [1.165, 1.54) is 61.0 Å². The van der Waals surface area contributed by atoms with Crippen LogP contribution >= 0.6 is 0 Å². The predicted molar refractivity (Wildman–Crippen MR) is 266 cm³/mol. The van der Waals surface area contributed by atoms with Crippen molar-refractivity contribution in [3.8, 4) is 33.4 Å². The summed E-state index contributed by atoms with van der Waals surface area (Å²) in [5.41, 5.74) is 19.4. The van der Waals surface area contributed by atoms with Gasteiger partial charge in [-0.1, -0.05) is 208 Å². The Hall–Kier alpha value is -7.94. The molecule has 2 nitrogen and oxygen atoms in total. The molecule has 0 radical (unpaired) electrons. The van der Waals surface area contributed by atoms with E-state index in [9.17, 15) is 0 Å². The molecule has 2 aliphatic rings. The van der Waals surface area contributed by atoms with Crippen LogP contribution in [0.3, 0.4) is 0 Å². The lowest BCUT2D eigenvalue weighted by atomic mass is 9.67. The van der Waals surface area contributed by atoms with Crippen LogP contribution in [0.4, 0.5) is 17.1 Å². The lowest BCUT2D eigenvalue weighted by molar-refractivity contribution is 0.660. The van der Waals surface area contributed by atoms with Gasteiger partial charge in [-0.3, -0.25) is 0 Å². The van der Waals surface area contributed by atoms with Crippen molar-refractivity contribution >= 4 is 49.8 Å². The molecule has 2 heteroatoms. The van der Waals surface area contributed by atoms with Gasteiger partial charge in [-0.15, -0.1) is 0 Å². The molecule has 0 N–H and O–H groups in total. The number of benzene rings is 10. The SMILES string of the molecule is CC1(C)c2ccccc2-c2c(N(c3ccc4c(c3)C(c3ccccc3)(c3ccccc3)c3ccccc3-4)c3ccccc3-c3cccc4c3oc3c5ccccc5ccc43)cccc21. The summed E-state index contributed by atoms with van der Waals surface area (Å²) < 4.78 is 7.05. The van der Waals surface area contributed by atoms with E-state index in [-0.39, 0.29) is 5.41 Å². The molecular formula is C62H43NO. The van der Waals surface area contributed by atoms with Crippen LogP contribution in [-0.2, 0) is 10.8 Å². The second-order valence-electron chi connectivity index (χ2n) is 17.9. The third-order valence-electron chi connectivity index (χ3n) is 14.4. The second kappa shape index (κ2) is 13.8. The highest BCUT2D eigenvalue weighted by atomic mass is 16.3. The van der Waals surface area contributed by atoms with Crippen molar-refractivity contribution in [2.75, 3.05) is 4.90 Å². The van der Waals surface area contributed by atoms with E-state index in [0.29, 0.717) is 0 Å². The highest BCUT2D eigenvalue weighted by Crippen LogP contribution is 2.59. The van der Waals surface area contributed by atoms with Crippen LogP contribution in [0, 0.1) is 0 Å². The zero-order valence-electron chi connectivity index (χ0n) is 35.7. The summed E-state index contributed by atoms with van der Waals surface area (Å²) in [6, 6.07) is 82.8. The van der Waals surface area contributed by atoms with Crippen LogP contribution in [0.2, 0.25) is 0 Å². The van der Waals surface area contributed by atoms with E-state index in [1.54, 1.807) is 0 Å². The van der Waals surface area contributed by atoms with Crippen molar-refractivity contribution < 1.29 is 4.42 Å². The highest BCUT2D eigenvalue weighted by Gasteiger charge is 2.46. The number of furan rings is 1. The van der Waals surface area contributed by atoms with Crippen molar-refractivity contribution in [3.63, 3.8) is 0 Å². The van der Waals surface area contributed by atoms with Gasteiger partial charge in [0.25, 0.3) is 0 Å². The van der Waals surface area contributed by atoms with Crippen molar-refractivity contribution in [2.24, 2.45) is 0 Å².